The van der Waals surface area contributed by atoms with Crippen LogP contribution in [0, 0.1) is 5.41 Å². The Morgan fingerprint density at radius 2 is 1.93 bits per heavy atom. The number of aromatic nitrogens is 4. The van der Waals surface area contributed by atoms with Crippen LogP contribution in [-0.2, 0) is 17.5 Å². The smallest absolute Gasteiger partial charge is 0.417 e. The van der Waals surface area contributed by atoms with Gasteiger partial charge in [-0.2, -0.15) is 23.4 Å². The Balaban J connectivity index is 1.33. The molecule has 0 radical (unpaired) electrons. The van der Waals surface area contributed by atoms with Gasteiger partial charge in [-0.1, -0.05) is 17.7 Å². The van der Waals surface area contributed by atoms with Crippen LogP contribution in [-0.4, -0.2) is 55.2 Å². The van der Waals surface area contributed by atoms with Crippen LogP contribution in [0.1, 0.15) is 67.6 Å². The van der Waals surface area contributed by atoms with Crippen molar-refractivity contribution in [3.8, 4) is 11.3 Å². The van der Waals surface area contributed by atoms with Crippen LogP contribution in [0.15, 0.2) is 30.6 Å². The second kappa shape index (κ2) is 9.97. The average molecular weight is 594 g/mol. The maximum atomic E-state index is 13.3. The zero-order valence-electron chi connectivity index (χ0n) is 22.8. The molecule has 3 heterocycles. The van der Waals surface area contributed by atoms with E-state index in [4.69, 9.17) is 27.8 Å². The molecule has 2 aromatic heterocycles. The second-order valence-electron chi connectivity index (χ2n) is 11.9. The van der Waals surface area contributed by atoms with E-state index in [1.807, 2.05) is 20.8 Å². The maximum Gasteiger partial charge on any atom is 0.417 e. The van der Waals surface area contributed by atoms with Crippen LogP contribution in [0.4, 0.5) is 23.8 Å². The van der Waals surface area contributed by atoms with E-state index in [0.29, 0.717) is 37.1 Å². The zero-order valence-corrected chi connectivity index (χ0v) is 23.6. The molecule has 0 unspecified atom stereocenters. The standard InChI is InChI=1S/C27H31ClF3N7O3/c1-25(2,3)41-24(40)36-7-6-26(14-36)9-17(10-26)38-22(32)20(23(33)39)21(35-38)16-11-34-37(13-16)12-15-4-5-19(28)18(8-15)27(29,30)31/h4-5,8,11,13,17H,6-7,9-10,12,14,32H2,1-3H3,(H2,33,39)/t17-,26-. The van der Waals surface area contributed by atoms with Gasteiger partial charge in [0.2, 0.25) is 0 Å². The SMILES string of the molecule is CC(C)(C)OC(=O)N1CC[C@]2(C1)C[C@H](n1nc(-c3cnn(Cc4ccc(Cl)c(C(F)(F)F)c4)c3)c(C(N)=O)c1N)C2. The topological polar surface area (TPSA) is 134 Å². The first-order valence-electron chi connectivity index (χ1n) is 13.1. The number of nitrogen functional groups attached to an aromatic ring is 1. The fourth-order valence-electron chi connectivity index (χ4n) is 5.68. The molecule has 5 rings (SSSR count). The first kappa shape index (κ1) is 28.8. The fourth-order valence-corrected chi connectivity index (χ4v) is 5.91. The third-order valence-electron chi connectivity index (χ3n) is 7.55. The molecule has 2 fully saturated rings. The van der Waals surface area contributed by atoms with Crippen molar-refractivity contribution in [1.29, 1.82) is 0 Å². The summed E-state index contributed by atoms with van der Waals surface area (Å²) in [5.41, 5.74) is 11.5. The number of primary amides is 1. The lowest BCUT2D eigenvalue weighted by Gasteiger charge is -2.45. The number of halogens is 4. The molecule has 3 aromatic rings. The van der Waals surface area contributed by atoms with E-state index in [1.165, 1.54) is 23.0 Å². The van der Waals surface area contributed by atoms with Gasteiger partial charge in [0, 0.05) is 24.8 Å². The molecule has 0 atom stereocenters. The number of hydrogen-bond donors (Lipinski definition) is 2. The summed E-state index contributed by atoms with van der Waals surface area (Å²) in [6.45, 7) is 6.69. The van der Waals surface area contributed by atoms with Gasteiger partial charge in [-0.25, -0.2) is 9.48 Å². The fraction of sp³-hybridized carbons (Fsp3) is 0.481. The summed E-state index contributed by atoms with van der Waals surface area (Å²) < 4.78 is 48.3. The molecule has 1 spiro atoms. The van der Waals surface area contributed by atoms with E-state index in [1.54, 1.807) is 15.8 Å². The van der Waals surface area contributed by atoms with E-state index in [0.717, 1.165) is 12.5 Å². The van der Waals surface area contributed by atoms with E-state index >= 15 is 0 Å². The maximum absolute atomic E-state index is 13.3. The Bertz CT molecular complexity index is 1500. The highest BCUT2D eigenvalue weighted by atomic mass is 35.5. The van der Waals surface area contributed by atoms with Gasteiger partial charge in [-0.3, -0.25) is 9.48 Å². The summed E-state index contributed by atoms with van der Waals surface area (Å²) in [7, 11) is 0. The molecule has 41 heavy (non-hydrogen) atoms. The van der Waals surface area contributed by atoms with Gasteiger partial charge in [0.15, 0.2) is 0 Å². The molecule has 1 aliphatic heterocycles. The van der Waals surface area contributed by atoms with Crippen LogP contribution < -0.4 is 11.5 Å². The van der Waals surface area contributed by atoms with Gasteiger partial charge >= 0.3 is 12.3 Å². The number of nitrogens with zero attached hydrogens (tertiary/aromatic N) is 5. The number of likely N-dealkylation sites (tertiary alicyclic amines) is 1. The molecule has 1 aromatic carbocycles. The zero-order chi connectivity index (χ0) is 29.9. The molecule has 0 bridgehead atoms. The van der Waals surface area contributed by atoms with Crippen molar-refractivity contribution in [2.75, 3.05) is 18.8 Å². The number of ether oxygens (including phenoxy) is 1. The quantitative estimate of drug-likeness (QED) is 0.422. The predicted octanol–water partition coefficient (Wildman–Crippen LogP) is 5.11. The van der Waals surface area contributed by atoms with Crippen LogP contribution in [0.25, 0.3) is 11.3 Å². The average Bonchev–Trinajstić information content (AvgIpc) is 3.54. The highest BCUT2D eigenvalue weighted by Crippen LogP contribution is 2.55. The summed E-state index contributed by atoms with van der Waals surface area (Å²) in [6.07, 6.45) is 0.360. The Kier molecular flexibility index (Phi) is 6.99. The molecule has 2 aliphatic rings. The first-order valence-corrected chi connectivity index (χ1v) is 13.5. The molecule has 4 N–H and O–H groups in total. The normalized spacial score (nSPS) is 20.9. The Labute approximate surface area is 239 Å². The lowest BCUT2D eigenvalue weighted by molar-refractivity contribution is -0.137. The number of hydrogen-bond acceptors (Lipinski definition) is 6. The molecule has 1 aliphatic carbocycles. The third-order valence-corrected chi connectivity index (χ3v) is 7.88. The van der Waals surface area contributed by atoms with Gasteiger partial charge in [0.25, 0.3) is 5.91 Å². The number of benzene rings is 1. The Morgan fingerprint density at radius 1 is 1.22 bits per heavy atom. The number of carbonyl (C=O) groups is 2. The Hall–Kier alpha value is -3.74. The summed E-state index contributed by atoms with van der Waals surface area (Å²) in [5.74, 6) is -0.621. The minimum atomic E-state index is -4.59. The Morgan fingerprint density at radius 3 is 2.56 bits per heavy atom. The van der Waals surface area contributed by atoms with Crippen molar-refractivity contribution >= 4 is 29.4 Å². The minimum Gasteiger partial charge on any atom is -0.444 e. The summed E-state index contributed by atoms with van der Waals surface area (Å²) >= 11 is 5.73. The number of anilines is 1. The van der Waals surface area contributed by atoms with Crippen molar-refractivity contribution in [2.24, 2.45) is 11.1 Å². The van der Waals surface area contributed by atoms with Gasteiger partial charge in [0.05, 0.1) is 29.4 Å². The van der Waals surface area contributed by atoms with Crippen LogP contribution in [0.5, 0.6) is 0 Å². The third kappa shape index (κ3) is 5.72. The summed E-state index contributed by atoms with van der Waals surface area (Å²) in [4.78, 5) is 26.6. The predicted molar refractivity (Wildman–Crippen MR) is 145 cm³/mol. The van der Waals surface area contributed by atoms with Crippen LogP contribution in [0.3, 0.4) is 0 Å². The lowest BCUT2D eigenvalue weighted by atomic mass is 9.65. The largest absolute Gasteiger partial charge is 0.444 e. The van der Waals surface area contributed by atoms with Gasteiger partial charge in [0.1, 0.15) is 22.7 Å². The van der Waals surface area contributed by atoms with E-state index in [9.17, 15) is 22.8 Å². The molecule has 14 heteroatoms. The molecule has 220 valence electrons. The number of alkyl halides is 3. The van der Waals surface area contributed by atoms with Crippen molar-refractivity contribution in [2.45, 2.75) is 64.4 Å². The molecule has 2 amide bonds. The molecule has 1 saturated carbocycles. The van der Waals surface area contributed by atoms with Crippen molar-refractivity contribution in [3.05, 3.63) is 52.3 Å². The van der Waals surface area contributed by atoms with Gasteiger partial charge < -0.3 is 21.1 Å². The highest BCUT2D eigenvalue weighted by Gasteiger charge is 2.51. The van der Waals surface area contributed by atoms with Crippen LogP contribution >= 0.6 is 11.6 Å². The second-order valence-corrected chi connectivity index (χ2v) is 12.3. The molecular formula is C27H31ClF3N7O3. The van der Waals surface area contributed by atoms with Crippen molar-refractivity contribution in [3.63, 3.8) is 0 Å². The number of carbonyl (C=O) groups excluding carboxylic acids is 2. The van der Waals surface area contributed by atoms with E-state index in [-0.39, 0.29) is 46.2 Å². The van der Waals surface area contributed by atoms with Crippen LogP contribution in [0.2, 0.25) is 5.02 Å². The van der Waals surface area contributed by atoms with Gasteiger partial charge in [-0.05, 0) is 63.1 Å². The minimum absolute atomic E-state index is 0.0294. The number of amides is 2. The number of rotatable bonds is 5. The number of nitrogens with two attached hydrogens (primary N) is 2. The summed E-state index contributed by atoms with van der Waals surface area (Å²) in [6, 6.07) is 3.57. The molecule has 10 nitrogen and oxygen atoms in total. The van der Waals surface area contributed by atoms with Crippen molar-refractivity contribution in [1.82, 2.24) is 24.5 Å². The summed E-state index contributed by atoms with van der Waals surface area (Å²) in [5, 5.41) is 8.48. The van der Waals surface area contributed by atoms with E-state index in [2.05, 4.69) is 10.2 Å². The monoisotopic (exact) mass is 593 g/mol. The highest BCUT2D eigenvalue weighted by molar-refractivity contribution is 6.31. The first-order chi connectivity index (χ1) is 19.1. The molecular weight excluding hydrogens is 563 g/mol. The lowest BCUT2D eigenvalue weighted by Crippen LogP contribution is -2.43. The van der Waals surface area contributed by atoms with Crippen molar-refractivity contribution < 1.29 is 27.5 Å². The molecule has 1 saturated heterocycles. The van der Waals surface area contributed by atoms with E-state index < -0.39 is 23.2 Å². The van der Waals surface area contributed by atoms with Gasteiger partial charge in [-0.15, -0.1) is 0 Å².